The molecule has 1 atom stereocenters. The predicted molar refractivity (Wildman–Crippen MR) is 99.6 cm³/mol. The Morgan fingerprint density at radius 3 is 2.28 bits per heavy atom. The highest BCUT2D eigenvalue weighted by Crippen LogP contribution is 2.14. The van der Waals surface area contributed by atoms with E-state index in [9.17, 15) is 4.79 Å². The van der Waals surface area contributed by atoms with E-state index in [2.05, 4.69) is 5.32 Å². The summed E-state index contributed by atoms with van der Waals surface area (Å²) >= 11 is 0. The lowest BCUT2D eigenvalue weighted by Gasteiger charge is -2.20. The second kappa shape index (κ2) is 9.84. The smallest absolute Gasteiger partial charge is 0.323 e. The summed E-state index contributed by atoms with van der Waals surface area (Å²) in [4.78, 5) is 12.5. The molecule has 0 unspecified atom stereocenters. The lowest BCUT2D eigenvalue weighted by molar-refractivity contribution is -0.147. The Kier molecular flexibility index (Phi) is 7.48. The summed E-state index contributed by atoms with van der Waals surface area (Å²) in [6.07, 6.45) is 0.582. The van der Waals surface area contributed by atoms with Gasteiger partial charge in [-0.25, -0.2) is 0 Å². The third-order valence-electron chi connectivity index (χ3n) is 3.72. The van der Waals surface area contributed by atoms with Crippen molar-refractivity contribution >= 4 is 5.97 Å². The quantitative estimate of drug-likeness (QED) is 0.706. The predicted octanol–water partition coefficient (Wildman–Crippen LogP) is 3.74. The maximum Gasteiger partial charge on any atom is 0.323 e. The van der Waals surface area contributed by atoms with E-state index in [-0.39, 0.29) is 18.1 Å². The van der Waals surface area contributed by atoms with Crippen molar-refractivity contribution in [2.45, 2.75) is 45.9 Å². The fraction of sp³-hybridized carbons (Fsp3) is 0.381. The molecule has 0 saturated carbocycles. The van der Waals surface area contributed by atoms with Gasteiger partial charge in [0.25, 0.3) is 0 Å². The summed E-state index contributed by atoms with van der Waals surface area (Å²) in [5, 5.41) is 3.30. The van der Waals surface area contributed by atoms with Crippen LogP contribution in [-0.4, -0.2) is 24.7 Å². The van der Waals surface area contributed by atoms with E-state index in [1.165, 1.54) is 0 Å². The summed E-state index contributed by atoms with van der Waals surface area (Å²) in [5.41, 5.74) is 2.05. The van der Waals surface area contributed by atoms with Gasteiger partial charge in [-0.05, 0) is 36.6 Å². The molecule has 0 spiro atoms. The van der Waals surface area contributed by atoms with Crippen molar-refractivity contribution in [3.63, 3.8) is 0 Å². The second-order valence-corrected chi connectivity index (χ2v) is 6.25. The van der Waals surface area contributed by atoms with Gasteiger partial charge in [-0.1, -0.05) is 56.3 Å². The number of hydrogen-bond acceptors (Lipinski definition) is 4. The average Bonchev–Trinajstić information content (AvgIpc) is 2.61. The van der Waals surface area contributed by atoms with Crippen LogP contribution < -0.4 is 10.1 Å². The van der Waals surface area contributed by atoms with Crippen LogP contribution in [0.15, 0.2) is 54.6 Å². The highest BCUT2D eigenvalue weighted by molar-refractivity contribution is 5.76. The summed E-state index contributed by atoms with van der Waals surface area (Å²) in [6, 6.07) is 17.4. The average molecular weight is 341 g/mol. The maximum atomic E-state index is 12.5. The van der Waals surface area contributed by atoms with Crippen LogP contribution in [0.2, 0.25) is 0 Å². The Morgan fingerprint density at radius 2 is 1.68 bits per heavy atom. The van der Waals surface area contributed by atoms with E-state index < -0.39 is 0 Å². The zero-order valence-electron chi connectivity index (χ0n) is 15.2. The number of esters is 1. The number of nitrogens with one attached hydrogen (secondary N) is 1. The minimum atomic E-state index is -0.373. The molecule has 0 aromatic heterocycles. The first-order valence-corrected chi connectivity index (χ1v) is 8.76. The van der Waals surface area contributed by atoms with Crippen molar-refractivity contribution in [1.29, 1.82) is 0 Å². The van der Waals surface area contributed by atoms with Crippen molar-refractivity contribution in [3.05, 3.63) is 65.7 Å². The summed E-state index contributed by atoms with van der Waals surface area (Å²) in [7, 11) is 0. The highest BCUT2D eigenvalue weighted by atomic mass is 16.5. The second-order valence-electron chi connectivity index (χ2n) is 6.25. The van der Waals surface area contributed by atoms with Crippen molar-refractivity contribution < 1.29 is 14.3 Å². The standard InChI is InChI=1S/C21H27NO3/c1-4-24-19-12-10-17(11-13-19)14-20(22-16(2)3)21(23)25-15-18-8-6-5-7-9-18/h5-13,16,20,22H,4,14-15H2,1-3H3/t20-/m0/s1. The van der Waals surface area contributed by atoms with E-state index in [0.717, 1.165) is 16.9 Å². The zero-order valence-corrected chi connectivity index (χ0v) is 15.2. The summed E-state index contributed by atoms with van der Waals surface area (Å²) in [5.74, 6) is 0.609. The number of carbonyl (C=O) groups excluding carboxylic acids is 1. The molecule has 134 valence electrons. The number of ether oxygens (including phenoxy) is 2. The first kappa shape index (κ1) is 19.0. The molecule has 0 saturated heterocycles. The Labute approximate surface area is 150 Å². The first-order chi connectivity index (χ1) is 12.1. The summed E-state index contributed by atoms with van der Waals surface area (Å²) in [6.45, 7) is 6.94. The van der Waals surface area contributed by atoms with E-state index in [0.29, 0.717) is 19.6 Å². The van der Waals surface area contributed by atoms with Crippen LogP contribution in [0.3, 0.4) is 0 Å². The van der Waals surface area contributed by atoms with Crippen LogP contribution in [0, 0.1) is 0 Å². The van der Waals surface area contributed by atoms with E-state index in [1.807, 2.05) is 75.4 Å². The Hall–Kier alpha value is -2.33. The van der Waals surface area contributed by atoms with Gasteiger partial charge in [-0.15, -0.1) is 0 Å². The fourth-order valence-corrected chi connectivity index (χ4v) is 2.57. The zero-order chi connectivity index (χ0) is 18.1. The number of benzene rings is 2. The minimum absolute atomic E-state index is 0.192. The Balaban J connectivity index is 1.98. The molecule has 0 heterocycles. The van der Waals surface area contributed by atoms with Gasteiger partial charge in [0.1, 0.15) is 18.4 Å². The molecule has 2 rings (SSSR count). The molecular formula is C21H27NO3. The van der Waals surface area contributed by atoms with Crippen molar-refractivity contribution in [2.75, 3.05) is 6.61 Å². The van der Waals surface area contributed by atoms with Gasteiger partial charge in [0.05, 0.1) is 6.61 Å². The van der Waals surface area contributed by atoms with Crippen LogP contribution in [0.25, 0.3) is 0 Å². The normalized spacial score (nSPS) is 12.0. The maximum absolute atomic E-state index is 12.5. The van der Waals surface area contributed by atoms with Crippen molar-refractivity contribution in [2.24, 2.45) is 0 Å². The SMILES string of the molecule is CCOc1ccc(C[C@H](NC(C)C)C(=O)OCc2ccccc2)cc1. The van der Waals surface area contributed by atoms with Gasteiger partial charge in [0, 0.05) is 6.04 Å². The van der Waals surface area contributed by atoms with Gasteiger partial charge in [-0.2, -0.15) is 0 Å². The third-order valence-corrected chi connectivity index (χ3v) is 3.72. The minimum Gasteiger partial charge on any atom is -0.494 e. The van der Waals surface area contributed by atoms with Crippen LogP contribution in [-0.2, 0) is 22.6 Å². The van der Waals surface area contributed by atoms with Gasteiger partial charge in [-0.3, -0.25) is 4.79 Å². The van der Waals surface area contributed by atoms with Crippen molar-refractivity contribution in [1.82, 2.24) is 5.32 Å². The van der Waals surface area contributed by atoms with Gasteiger partial charge < -0.3 is 14.8 Å². The fourth-order valence-electron chi connectivity index (χ4n) is 2.57. The molecule has 1 N–H and O–H groups in total. The largest absolute Gasteiger partial charge is 0.494 e. The molecule has 0 aliphatic heterocycles. The van der Waals surface area contributed by atoms with E-state index >= 15 is 0 Å². The van der Waals surface area contributed by atoms with Gasteiger partial charge in [0.15, 0.2) is 0 Å². The van der Waals surface area contributed by atoms with Crippen LogP contribution in [0.5, 0.6) is 5.75 Å². The monoisotopic (exact) mass is 341 g/mol. The first-order valence-electron chi connectivity index (χ1n) is 8.76. The molecular weight excluding hydrogens is 314 g/mol. The number of rotatable bonds is 9. The molecule has 0 bridgehead atoms. The molecule has 2 aromatic carbocycles. The van der Waals surface area contributed by atoms with E-state index in [1.54, 1.807) is 0 Å². The van der Waals surface area contributed by atoms with Crippen LogP contribution >= 0.6 is 0 Å². The van der Waals surface area contributed by atoms with E-state index in [4.69, 9.17) is 9.47 Å². The lowest BCUT2D eigenvalue weighted by Crippen LogP contribution is -2.43. The van der Waals surface area contributed by atoms with Crippen LogP contribution in [0.1, 0.15) is 31.9 Å². The summed E-state index contributed by atoms with van der Waals surface area (Å²) < 4.78 is 11.0. The Bertz CT molecular complexity index is 638. The lowest BCUT2D eigenvalue weighted by atomic mass is 10.0. The molecule has 4 nitrogen and oxygen atoms in total. The number of hydrogen-bond donors (Lipinski definition) is 1. The molecule has 4 heteroatoms. The van der Waals surface area contributed by atoms with Gasteiger partial charge >= 0.3 is 5.97 Å². The third kappa shape index (κ3) is 6.59. The molecule has 0 fully saturated rings. The van der Waals surface area contributed by atoms with Crippen molar-refractivity contribution in [3.8, 4) is 5.75 Å². The molecule has 0 amide bonds. The molecule has 0 radical (unpaired) electrons. The number of carbonyl (C=O) groups is 1. The highest BCUT2D eigenvalue weighted by Gasteiger charge is 2.21. The Morgan fingerprint density at radius 1 is 1.00 bits per heavy atom. The van der Waals surface area contributed by atoms with Gasteiger partial charge in [0.2, 0.25) is 0 Å². The molecule has 25 heavy (non-hydrogen) atoms. The van der Waals surface area contributed by atoms with Crippen LogP contribution in [0.4, 0.5) is 0 Å². The topological polar surface area (TPSA) is 47.6 Å². The molecule has 0 aliphatic carbocycles. The molecule has 2 aromatic rings. The molecule has 0 aliphatic rings.